The van der Waals surface area contributed by atoms with Crippen LogP contribution in [0.2, 0.25) is 0 Å². The summed E-state index contributed by atoms with van der Waals surface area (Å²) in [7, 11) is 3.17. The van der Waals surface area contributed by atoms with Gasteiger partial charge in [-0.1, -0.05) is 6.07 Å². The minimum atomic E-state index is -0.575. The second kappa shape index (κ2) is 7.04. The van der Waals surface area contributed by atoms with Gasteiger partial charge in [0.05, 0.1) is 14.2 Å². The molecule has 112 valence electrons. The normalized spacial score (nSPS) is 10.5. The van der Waals surface area contributed by atoms with Crippen LogP contribution in [0.1, 0.15) is 11.1 Å². The fourth-order valence-corrected chi connectivity index (χ4v) is 2.05. The van der Waals surface area contributed by atoms with Crippen LogP contribution < -0.4 is 14.8 Å². The van der Waals surface area contributed by atoms with Gasteiger partial charge in [-0.2, -0.15) is 0 Å². The first kappa shape index (κ1) is 15.3. The lowest BCUT2D eigenvalue weighted by Crippen LogP contribution is -2.13. The minimum Gasteiger partial charge on any atom is -0.497 e. The molecule has 0 fully saturated rings. The van der Waals surface area contributed by atoms with Crippen LogP contribution in [0.15, 0.2) is 36.4 Å². The summed E-state index contributed by atoms with van der Waals surface area (Å²) in [5.41, 5.74) is 1.50. The molecule has 0 unspecified atom stereocenters. The van der Waals surface area contributed by atoms with E-state index >= 15 is 0 Å². The van der Waals surface area contributed by atoms with Gasteiger partial charge in [0.25, 0.3) is 0 Å². The van der Waals surface area contributed by atoms with Crippen LogP contribution >= 0.6 is 0 Å². The molecule has 2 aromatic rings. The average molecular weight is 293 g/mol. The second-order valence-electron chi connectivity index (χ2n) is 4.56. The molecular formula is C16H17F2NO2. The van der Waals surface area contributed by atoms with Crippen LogP contribution in [0, 0.1) is 11.6 Å². The number of nitrogens with one attached hydrogen (secondary N) is 1. The molecule has 0 spiro atoms. The number of ether oxygens (including phenoxy) is 2. The van der Waals surface area contributed by atoms with E-state index in [9.17, 15) is 8.78 Å². The van der Waals surface area contributed by atoms with E-state index in [4.69, 9.17) is 9.47 Å². The Bertz CT molecular complexity index is 597. The molecule has 0 saturated carbocycles. The molecule has 0 saturated heterocycles. The Kier molecular flexibility index (Phi) is 5.11. The maximum atomic E-state index is 13.1. The van der Waals surface area contributed by atoms with Crippen molar-refractivity contribution in [3.05, 3.63) is 59.2 Å². The summed E-state index contributed by atoms with van der Waals surface area (Å²) in [4.78, 5) is 0. The van der Waals surface area contributed by atoms with E-state index in [0.29, 0.717) is 30.2 Å². The van der Waals surface area contributed by atoms with Gasteiger partial charge < -0.3 is 14.8 Å². The first-order valence-corrected chi connectivity index (χ1v) is 6.49. The van der Waals surface area contributed by atoms with E-state index in [1.165, 1.54) is 12.1 Å². The predicted molar refractivity (Wildman–Crippen MR) is 76.4 cm³/mol. The number of hydrogen-bond acceptors (Lipinski definition) is 3. The first-order chi connectivity index (χ1) is 10.1. The van der Waals surface area contributed by atoms with Crippen molar-refractivity contribution in [1.82, 2.24) is 5.32 Å². The Hall–Kier alpha value is -2.14. The predicted octanol–water partition coefficient (Wildman–Crippen LogP) is 3.27. The number of benzene rings is 2. The molecular weight excluding hydrogens is 276 g/mol. The number of methoxy groups -OCH3 is 2. The minimum absolute atomic E-state index is 0.365. The summed E-state index contributed by atoms with van der Waals surface area (Å²) in [5, 5.41) is 3.13. The van der Waals surface area contributed by atoms with Gasteiger partial charge in [-0.3, -0.25) is 0 Å². The highest BCUT2D eigenvalue weighted by Gasteiger charge is 2.05. The van der Waals surface area contributed by atoms with E-state index in [2.05, 4.69) is 5.32 Å². The molecule has 5 heteroatoms. The number of rotatable bonds is 6. The van der Waals surface area contributed by atoms with E-state index in [0.717, 1.165) is 11.6 Å². The third kappa shape index (κ3) is 4.16. The third-order valence-electron chi connectivity index (χ3n) is 3.06. The van der Waals surface area contributed by atoms with Crippen molar-refractivity contribution in [3.8, 4) is 11.5 Å². The molecule has 0 aliphatic carbocycles. The molecule has 3 nitrogen and oxygen atoms in total. The largest absolute Gasteiger partial charge is 0.497 e. The van der Waals surface area contributed by atoms with Crippen LogP contribution in [0.3, 0.4) is 0 Å². The molecule has 2 aromatic carbocycles. The highest BCUT2D eigenvalue weighted by molar-refractivity contribution is 5.40. The summed E-state index contributed by atoms with van der Waals surface area (Å²) >= 11 is 0. The van der Waals surface area contributed by atoms with Gasteiger partial charge in [-0.05, 0) is 23.8 Å². The molecule has 0 amide bonds. The van der Waals surface area contributed by atoms with Gasteiger partial charge in [0.15, 0.2) is 0 Å². The second-order valence-corrected chi connectivity index (χ2v) is 4.56. The van der Waals surface area contributed by atoms with Crippen molar-refractivity contribution in [2.24, 2.45) is 0 Å². The molecule has 0 atom stereocenters. The van der Waals surface area contributed by atoms with Crippen LogP contribution in [0.25, 0.3) is 0 Å². The SMILES string of the molecule is COc1ccc(CNCc2cc(F)cc(F)c2)c(OC)c1. The Morgan fingerprint density at radius 3 is 2.24 bits per heavy atom. The van der Waals surface area contributed by atoms with Gasteiger partial charge >= 0.3 is 0 Å². The number of hydrogen-bond donors (Lipinski definition) is 1. The maximum Gasteiger partial charge on any atom is 0.127 e. The Balaban J connectivity index is 1.99. The monoisotopic (exact) mass is 293 g/mol. The molecule has 0 heterocycles. The quantitative estimate of drug-likeness (QED) is 0.886. The summed E-state index contributed by atoms with van der Waals surface area (Å²) < 4.78 is 36.6. The Labute approximate surface area is 122 Å². The molecule has 21 heavy (non-hydrogen) atoms. The fraction of sp³-hybridized carbons (Fsp3) is 0.250. The average Bonchev–Trinajstić information content (AvgIpc) is 2.46. The highest BCUT2D eigenvalue weighted by Crippen LogP contribution is 2.24. The first-order valence-electron chi connectivity index (χ1n) is 6.49. The summed E-state index contributed by atoms with van der Waals surface area (Å²) in [6, 6.07) is 8.98. The lowest BCUT2D eigenvalue weighted by Gasteiger charge is -2.11. The lowest BCUT2D eigenvalue weighted by atomic mass is 10.1. The van der Waals surface area contributed by atoms with Crippen molar-refractivity contribution in [2.45, 2.75) is 13.1 Å². The standard InChI is InChI=1S/C16H17F2NO2/c1-20-15-4-3-12(16(8-15)21-2)10-19-9-11-5-13(17)7-14(18)6-11/h3-8,19H,9-10H2,1-2H3. The van der Waals surface area contributed by atoms with E-state index < -0.39 is 11.6 Å². The topological polar surface area (TPSA) is 30.5 Å². The van der Waals surface area contributed by atoms with Gasteiger partial charge in [0, 0.05) is 30.8 Å². The summed E-state index contributed by atoms with van der Waals surface area (Å²) in [5.74, 6) is 0.262. The summed E-state index contributed by atoms with van der Waals surface area (Å²) in [6.07, 6.45) is 0. The van der Waals surface area contributed by atoms with Crippen LogP contribution in [-0.2, 0) is 13.1 Å². The van der Waals surface area contributed by atoms with Crippen molar-refractivity contribution in [2.75, 3.05) is 14.2 Å². The van der Waals surface area contributed by atoms with E-state index in [1.807, 2.05) is 12.1 Å². The van der Waals surface area contributed by atoms with Crippen molar-refractivity contribution in [1.29, 1.82) is 0 Å². The van der Waals surface area contributed by atoms with Gasteiger partial charge in [0.2, 0.25) is 0 Å². The molecule has 1 N–H and O–H groups in total. The highest BCUT2D eigenvalue weighted by atomic mass is 19.1. The molecule has 0 aliphatic heterocycles. The smallest absolute Gasteiger partial charge is 0.127 e. The maximum absolute atomic E-state index is 13.1. The van der Waals surface area contributed by atoms with Crippen LogP contribution in [0.4, 0.5) is 8.78 Å². The zero-order chi connectivity index (χ0) is 15.2. The van der Waals surface area contributed by atoms with E-state index in [1.54, 1.807) is 20.3 Å². The van der Waals surface area contributed by atoms with Crippen molar-refractivity contribution >= 4 is 0 Å². The molecule has 2 rings (SSSR count). The molecule has 0 bridgehead atoms. The van der Waals surface area contributed by atoms with Gasteiger partial charge in [-0.25, -0.2) is 8.78 Å². The zero-order valence-corrected chi connectivity index (χ0v) is 12.0. The van der Waals surface area contributed by atoms with Crippen molar-refractivity contribution < 1.29 is 18.3 Å². The van der Waals surface area contributed by atoms with Gasteiger partial charge in [-0.15, -0.1) is 0 Å². The van der Waals surface area contributed by atoms with Crippen LogP contribution in [-0.4, -0.2) is 14.2 Å². The third-order valence-corrected chi connectivity index (χ3v) is 3.06. The lowest BCUT2D eigenvalue weighted by molar-refractivity contribution is 0.389. The Morgan fingerprint density at radius 1 is 0.905 bits per heavy atom. The van der Waals surface area contributed by atoms with Gasteiger partial charge in [0.1, 0.15) is 23.1 Å². The van der Waals surface area contributed by atoms with Crippen LogP contribution in [0.5, 0.6) is 11.5 Å². The summed E-state index contributed by atoms with van der Waals surface area (Å²) in [6.45, 7) is 0.884. The number of halogens is 2. The molecule has 0 radical (unpaired) electrons. The fourth-order valence-electron chi connectivity index (χ4n) is 2.05. The van der Waals surface area contributed by atoms with Crippen molar-refractivity contribution in [3.63, 3.8) is 0 Å². The zero-order valence-electron chi connectivity index (χ0n) is 12.0. The Morgan fingerprint density at radius 2 is 1.62 bits per heavy atom. The molecule has 0 aromatic heterocycles. The van der Waals surface area contributed by atoms with E-state index in [-0.39, 0.29) is 0 Å². The molecule has 0 aliphatic rings.